The topological polar surface area (TPSA) is 72.8 Å². The van der Waals surface area contributed by atoms with Crippen LogP contribution in [-0.4, -0.2) is 31.1 Å². The molecule has 1 aromatic rings. The number of methoxy groups -OCH3 is 2. The molecule has 5 nitrogen and oxygen atoms in total. The molecule has 1 aromatic carbocycles. The minimum absolute atomic E-state index is 0.278. The van der Waals surface area contributed by atoms with Crippen LogP contribution in [0.15, 0.2) is 18.2 Å². The second-order valence-corrected chi connectivity index (χ2v) is 3.95. The maximum atomic E-state index is 12.0. The number of carboxylic acid groups (broad SMARTS) is 1. The van der Waals surface area contributed by atoms with Gasteiger partial charge in [-0.15, -0.1) is 0 Å². The van der Waals surface area contributed by atoms with Crippen molar-refractivity contribution in [1.82, 2.24) is 0 Å². The molecule has 0 bridgehead atoms. The average molecular weight is 264 g/mol. The maximum absolute atomic E-state index is 12.0. The van der Waals surface area contributed by atoms with E-state index < -0.39 is 11.8 Å². The first-order valence-electron chi connectivity index (χ1n) is 5.59. The van der Waals surface area contributed by atoms with Crippen molar-refractivity contribution >= 4 is 11.8 Å². The molecule has 0 atom stereocenters. The second-order valence-electron chi connectivity index (χ2n) is 3.95. The Morgan fingerprint density at radius 3 is 2.21 bits per heavy atom. The number of hydrogen-bond donors (Lipinski definition) is 1. The fourth-order valence-electron chi connectivity index (χ4n) is 1.76. The van der Waals surface area contributed by atoms with E-state index in [4.69, 9.17) is 14.6 Å². The Kier molecular flexibility index (Phi) is 4.69. The molecule has 0 unspecified atom stereocenters. The molecular formula is C14H16O5. The molecular weight excluding hydrogens is 248 g/mol. The summed E-state index contributed by atoms with van der Waals surface area (Å²) in [6, 6.07) is 1.55. The average Bonchev–Trinajstić information content (AvgIpc) is 2.38. The lowest BCUT2D eigenvalue weighted by molar-refractivity contribution is -0.131. The predicted molar refractivity (Wildman–Crippen MR) is 70.1 cm³/mol. The van der Waals surface area contributed by atoms with Gasteiger partial charge in [-0.25, -0.2) is 4.79 Å². The Labute approximate surface area is 111 Å². The summed E-state index contributed by atoms with van der Waals surface area (Å²) >= 11 is 0. The van der Waals surface area contributed by atoms with Gasteiger partial charge in [0.1, 0.15) is 11.5 Å². The van der Waals surface area contributed by atoms with Gasteiger partial charge in [0, 0.05) is 6.08 Å². The zero-order valence-corrected chi connectivity index (χ0v) is 11.3. The van der Waals surface area contributed by atoms with Crippen LogP contribution in [0.1, 0.15) is 21.5 Å². The number of benzene rings is 1. The molecule has 0 spiro atoms. The number of allylic oxidation sites excluding steroid dienone is 1. The number of carbonyl (C=O) groups is 2. The van der Waals surface area contributed by atoms with Crippen LogP contribution in [0.4, 0.5) is 0 Å². The lowest BCUT2D eigenvalue weighted by Gasteiger charge is -2.15. The molecule has 0 radical (unpaired) electrons. The van der Waals surface area contributed by atoms with Crippen molar-refractivity contribution < 1.29 is 24.2 Å². The van der Waals surface area contributed by atoms with Gasteiger partial charge in [0.15, 0.2) is 5.78 Å². The van der Waals surface area contributed by atoms with Crippen LogP contribution in [0.25, 0.3) is 0 Å². The summed E-state index contributed by atoms with van der Waals surface area (Å²) in [7, 11) is 2.97. The molecule has 0 aromatic heterocycles. The third-order valence-electron chi connectivity index (χ3n) is 2.86. The first-order chi connectivity index (χ1) is 8.92. The summed E-state index contributed by atoms with van der Waals surface area (Å²) in [5.41, 5.74) is 1.94. The number of ether oxygens (including phenoxy) is 2. The van der Waals surface area contributed by atoms with Crippen LogP contribution in [0, 0.1) is 13.8 Å². The summed E-state index contributed by atoms with van der Waals surface area (Å²) in [5, 5.41) is 8.54. The third kappa shape index (κ3) is 3.13. The molecule has 0 aliphatic heterocycles. The van der Waals surface area contributed by atoms with Gasteiger partial charge in [-0.3, -0.25) is 4.79 Å². The summed E-state index contributed by atoms with van der Waals surface area (Å²) in [6.45, 7) is 3.67. The van der Waals surface area contributed by atoms with Gasteiger partial charge in [-0.1, -0.05) is 0 Å². The van der Waals surface area contributed by atoms with E-state index in [1.165, 1.54) is 14.2 Å². The van der Waals surface area contributed by atoms with Crippen LogP contribution in [0.5, 0.6) is 11.5 Å². The number of carbonyl (C=O) groups excluding carboxylic acids is 1. The Morgan fingerprint density at radius 1 is 1.11 bits per heavy atom. The monoisotopic (exact) mass is 264 g/mol. The van der Waals surface area contributed by atoms with E-state index in [2.05, 4.69) is 0 Å². The Morgan fingerprint density at radius 2 is 1.74 bits per heavy atom. The first-order valence-corrected chi connectivity index (χ1v) is 5.59. The van der Waals surface area contributed by atoms with Crippen LogP contribution >= 0.6 is 0 Å². The molecule has 0 saturated carbocycles. The predicted octanol–water partition coefficient (Wildman–Crippen LogP) is 2.14. The molecule has 1 N–H and O–H groups in total. The highest BCUT2D eigenvalue weighted by Gasteiger charge is 2.17. The molecule has 0 amide bonds. The van der Waals surface area contributed by atoms with Crippen molar-refractivity contribution in [3.63, 3.8) is 0 Å². The zero-order valence-electron chi connectivity index (χ0n) is 11.3. The van der Waals surface area contributed by atoms with Crippen molar-refractivity contribution in [3.05, 3.63) is 34.9 Å². The Hall–Kier alpha value is -2.30. The second kappa shape index (κ2) is 6.04. The molecule has 5 heteroatoms. The van der Waals surface area contributed by atoms with Crippen molar-refractivity contribution in [2.45, 2.75) is 13.8 Å². The van der Waals surface area contributed by atoms with Crippen LogP contribution in [0.2, 0.25) is 0 Å². The third-order valence-corrected chi connectivity index (χ3v) is 2.86. The minimum Gasteiger partial charge on any atom is -0.496 e. The number of carboxylic acids is 1. The molecule has 0 aliphatic rings. The summed E-state index contributed by atoms with van der Waals surface area (Å²) in [4.78, 5) is 22.4. The van der Waals surface area contributed by atoms with E-state index in [1.54, 1.807) is 6.07 Å². The fraction of sp³-hybridized carbons (Fsp3) is 0.286. The summed E-state index contributed by atoms with van der Waals surface area (Å²) in [5.74, 6) is -0.632. The lowest BCUT2D eigenvalue weighted by Crippen LogP contribution is -2.04. The number of ketones is 1. The molecule has 0 aliphatic carbocycles. The number of rotatable bonds is 5. The van der Waals surface area contributed by atoms with Crippen molar-refractivity contribution in [2.24, 2.45) is 0 Å². The van der Waals surface area contributed by atoms with Gasteiger partial charge in [0.2, 0.25) is 0 Å². The van der Waals surface area contributed by atoms with Crippen molar-refractivity contribution in [1.29, 1.82) is 0 Å². The Balaban J connectivity index is 3.37. The lowest BCUT2D eigenvalue weighted by atomic mass is 10.00. The van der Waals surface area contributed by atoms with Gasteiger partial charge in [0.05, 0.1) is 19.8 Å². The largest absolute Gasteiger partial charge is 0.496 e. The van der Waals surface area contributed by atoms with Gasteiger partial charge in [0.25, 0.3) is 0 Å². The van der Waals surface area contributed by atoms with E-state index in [1.807, 2.05) is 13.8 Å². The van der Waals surface area contributed by atoms with Gasteiger partial charge in [-0.2, -0.15) is 0 Å². The van der Waals surface area contributed by atoms with E-state index >= 15 is 0 Å². The van der Waals surface area contributed by atoms with Crippen molar-refractivity contribution in [2.75, 3.05) is 14.2 Å². The van der Waals surface area contributed by atoms with Crippen LogP contribution in [0.3, 0.4) is 0 Å². The molecule has 1 rings (SSSR count). The summed E-state index contributed by atoms with van der Waals surface area (Å²) < 4.78 is 10.4. The zero-order chi connectivity index (χ0) is 14.6. The number of aliphatic carboxylic acids is 1. The summed E-state index contributed by atoms with van der Waals surface area (Å²) in [6.07, 6.45) is 1.79. The van der Waals surface area contributed by atoms with Gasteiger partial charge in [-0.05, 0) is 37.1 Å². The van der Waals surface area contributed by atoms with Crippen LogP contribution < -0.4 is 9.47 Å². The smallest absolute Gasteiger partial charge is 0.328 e. The van der Waals surface area contributed by atoms with E-state index in [0.717, 1.165) is 23.3 Å². The van der Waals surface area contributed by atoms with E-state index in [0.29, 0.717) is 11.5 Å². The molecule has 0 saturated heterocycles. The van der Waals surface area contributed by atoms with Crippen LogP contribution in [-0.2, 0) is 4.79 Å². The molecule has 0 heterocycles. The van der Waals surface area contributed by atoms with Crippen molar-refractivity contribution in [3.8, 4) is 11.5 Å². The Bertz CT molecular complexity index is 543. The maximum Gasteiger partial charge on any atom is 0.328 e. The highest BCUT2D eigenvalue weighted by atomic mass is 16.5. The van der Waals surface area contributed by atoms with E-state index in [9.17, 15) is 9.59 Å². The molecule has 19 heavy (non-hydrogen) atoms. The standard InChI is InChI=1S/C14H16O5/c1-8-9(2)14(19-4)10(7-12(8)18-3)11(15)5-6-13(16)17/h5-7H,1-4H3,(H,16,17)/b6-5+. The SMILES string of the molecule is COc1cc(C(=O)/C=C/C(=O)O)c(OC)c(C)c1C. The van der Waals surface area contributed by atoms with Gasteiger partial charge < -0.3 is 14.6 Å². The highest BCUT2D eigenvalue weighted by Crippen LogP contribution is 2.33. The first kappa shape index (κ1) is 14.8. The molecule has 0 fully saturated rings. The van der Waals surface area contributed by atoms with Gasteiger partial charge >= 0.3 is 5.97 Å². The molecule has 102 valence electrons. The highest BCUT2D eigenvalue weighted by molar-refractivity contribution is 6.09. The van der Waals surface area contributed by atoms with E-state index in [-0.39, 0.29) is 5.56 Å². The minimum atomic E-state index is -1.18. The number of hydrogen-bond acceptors (Lipinski definition) is 4. The fourth-order valence-corrected chi connectivity index (χ4v) is 1.76. The quantitative estimate of drug-likeness (QED) is 0.651. The normalized spacial score (nSPS) is 10.5.